The Morgan fingerprint density at radius 2 is 1.88 bits per heavy atom. The second kappa shape index (κ2) is 9.99. The first kappa shape index (κ1) is 19.2. The maximum absolute atomic E-state index is 12.0. The first-order chi connectivity index (χ1) is 12.1. The van der Waals surface area contributed by atoms with Gasteiger partial charge in [-0.15, -0.1) is 0 Å². The van der Waals surface area contributed by atoms with E-state index in [1.165, 1.54) is 5.56 Å². The van der Waals surface area contributed by atoms with Gasteiger partial charge in [0.15, 0.2) is 0 Å². The molecular weight excluding hydrogens is 332 g/mol. The molecule has 2 N–H and O–H groups in total. The summed E-state index contributed by atoms with van der Waals surface area (Å²) in [4.78, 5) is 12.0. The van der Waals surface area contributed by atoms with Crippen molar-refractivity contribution in [2.75, 3.05) is 17.3 Å². The summed E-state index contributed by atoms with van der Waals surface area (Å²) in [6, 6.07) is 15.5. The molecule has 0 fully saturated rings. The van der Waals surface area contributed by atoms with E-state index in [0.717, 1.165) is 29.2 Å². The van der Waals surface area contributed by atoms with E-state index in [-0.39, 0.29) is 12.1 Å². The largest absolute Gasteiger partial charge is 0.491 e. The standard InChI is InChI=1S/C20H26N2O2S/c1-15(2)24-19-6-4-5-17(13-19)14-21-20(23)22-18-9-7-16(8-10-18)11-12-25-3/h4-10,13,15H,11-12,14H2,1-3H3,(H2,21,22,23). The fourth-order valence-electron chi connectivity index (χ4n) is 2.33. The van der Waals surface area contributed by atoms with Gasteiger partial charge in [0.1, 0.15) is 5.75 Å². The lowest BCUT2D eigenvalue weighted by molar-refractivity contribution is 0.242. The Labute approximate surface area is 154 Å². The Hall–Kier alpha value is -2.14. The van der Waals surface area contributed by atoms with Crippen LogP contribution in [-0.2, 0) is 13.0 Å². The molecule has 0 aromatic heterocycles. The average Bonchev–Trinajstić information content (AvgIpc) is 2.59. The van der Waals surface area contributed by atoms with Crippen molar-refractivity contribution >= 4 is 23.5 Å². The Kier molecular flexibility index (Phi) is 7.67. The van der Waals surface area contributed by atoms with E-state index in [1.54, 1.807) is 0 Å². The predicted molar refractivity (Wildman–Crippen MR) is 107 cm³/mol. The number of benzene rings is 2. The van der Waals surface area contributed by atoms with Gasteiger partial charge in [-0.25, -0.2) is 4.79 Å². The van der Waals surface area contributed by atoms with Gasteiger partial charge >= 0.3 is 6.03 Å². The number of nitrogens with one attached hydrogen (secondary N) is 2. The Balaban J connectivity index is 1.82. The average molecular weight is 359 g/mol. The van der Waals surface area contributed by atoms with Crippen LogP contribution in [0.5, 0.6) is 5.75 Å². The molecule has 2 amide bonds. The quantitative estimate of drug-likeness (QED) is 0.719. The normalized spacial score (nSPS) is 10.6. The summed E-state index contributed by atoms with van der Waals surface area (Å²) in [6.45, 7) is 4.43. The van der Waals surface area contributed by atoms with Crippen LogP contribution in [0.1, 0.15) is 25.0 Å². The molecule has 0 aliphatic carbocycles. The number of ether oxygens (including phenoxy) is 1. The summed E-state index contributed by atoms with van der Waals surface area (Å²) in [5.74, 6) is 1.92. The number of carbonyl (C=O) groups is 1. The summed E-state index contributed by atoms with van der Waals surface area (Å²) in [5.41, 5.74) is 3.07. The summed E-state index contributed by atoms with van der Waals surface area (Å²) in [5, 5.41) is 5.72. The minimum atomic E-state index is -0.216. The van der Waals surface area contributed by atoms with Crippen molar-refractivity contribution in [1.29, 1.82) is 0 Å². The van der Waals surface area contributed by atoms with Crippen LogP contribution in [0.25, 0.3) is 0 Å². The number of hydrogen-bond donors (Lipinski definition) is 2. The van der Waals surface area contributed by atoms with Gasteiger partial charge in [-0.05, 0) is 67.7 Å². The molecule has 0 heterocycles. The van der Waals surface area contributed by atoms with Gasteiger partial charge in [0.25, 0.3) is 0 Å². The zero-order chi connectivity index (χ0) is 18.1. The highest BCUT2D eigenvalue weighted by Gasteiger charge is 2.04. The van der Waals surface area contributed by atoms with E-state index in [1.807, 2.05) is 62.0 Å². The van der Waals surface area contributed by atoms with Gasteiger partial charge < -0.3 is 15.4 Å². The Morgan fingerprint density at radius 3 is 2.56 bits per heavy atom. The third-order valence-corrected chi connectivity index (χ3v) is 4.14. The molecular formula is C20H26N2O2S. The number of amides is 2. The molecule has 0 atom stereocenters. The molecule has 25 heavy (non-hydrogen) atoms. The smallest absolute Gasteiger partial charge is 0.319 e. The van der Waals surface area contributed by atoms with E-state index in [9.17, 15) is 4.79 Å². The minimum Gasteiger partial charge on any atom is -0.491 e. The van der Waals surface area contributed by atoms with Crippen LogP contribution in [0.2, 0.25) is 0 Å². The van der Waals surface area contributed by atoms with Crippen LogP contribution in [0.4, 0.5) is 10.5 Å². The van der Waals surface area contributed by atoms with Crippen molar-refractivity contribution in [3.63, 3.8) is 0 Å². The molecule has 0 saturated carbocycles. The molecule has 0 saturated heterocycles. The molecule has 0 aliphatic heterocycles. The fourth-order valence-corrected chi connectivity index (χ4v) is 2.77. The first-order valence-electron chi connectivity index (χ1n) is 8.45. The summed E-state index contributed by atoms with van der Waals surface area (Å²) in [6.07, 6.45) is 3.28. The second-order valence-corrected chi connectivity index (χ2v) is 7.05. The van der Waals surface area contributed by atoms with Crippen LogP contribution >= 0.6 is 11.8 Å². The highest BCUT2D eigenvalue weighted by atomic mass is 32.2. The molecule has 4 nitrogen and oxygen atoms in total. The van der Waals surface area contributed by atoms with Gasteiger partial charge in [-0.2, -0.15) is 11.8 Å². The molecule has 0 aliphatic rings. The molecule has 0 spiro atoms. The molecule has 2 aromatic carbocycles. The number of thioether (sulfide) groups is 1. The van der Waals surface area contributed by atoms with Crippen molar-refractivity contribution < 1.29 is 9.53 Å². The van der Waals surface area contributed by atoms with Gasteiger partial charge in [-0.1, -0.05) is 24.3 Å². The van der Waals surface area contributed by atoms with Crippen molar-refractivity contribution in [3.05, 3.63) is 59.7 Å². The van der Waals surface area contributed by atoms with E-state index < -0.39 is 0 Å². The number of anilines is 1. The van der Waals surface area contributed by atoms with Gasteiger partial charge in [0.05, 0.1) is 6.10 Å². The summed E-state index contributed by atoms with van der Waals surface area (Å²) >= 11 is 1.83. The molecule has 2 rings (SSSR count). The lowest BCUT2D eigenvalue weighted by Gasteiger charge is -2.12. The van der Waals surface area contributed by atoms with Crippen LogP contribution in [-0.4, -0.2) is 24.1 Å². The highest BCUT2D eigenvalue weighted by Crippen LogP contribution is 2.15. The highest BCUT2D eigenvalue weighted by molar-refractivity contribution is 7.98. The second-order valence-electron chi connectivity index (χ2n) is 6.06. The van der Waals surface area contributed by atoms with Crippen LogP contribution in [0, 0.1) is 0 Å². The lowest BCUT2D eigenvalue weighted by Crippen LogP contribution is -2.28. The SMILES string of the molecule is CSCCc1ccc(NC(=O)NCc2cccc(OC(C)C)c2)cc1. The molecule has 0 bridgehead atoms. The molecule has 2 aromatic rings. The van der Waals surface area contributed by atoms with Gasteiger partial charge in [-0.3, -0.25) is 0 Å². The minimum absolute atomic E-state index is 0.130. The third-order valence-electron chi connectivity index (χ3n) is 3.53. The molecule has 0 unspecified atom stereocenters. The topological polar surface area (TPSA) is 50.4 Å². The fraction of sp³-hybridized carbons (Fsp3) is 0.350. The first-order valence-corrected chi connectivity index (χ1v) is 9.84. The van der Waals surface area contributed by atoms with Crippen molar-refractivity contribution in [1.82, 2.24) is 5.32 Å². The van der Waals surface area contributed by atoms with Crippen LogP contribution in [0.3, 0.4) is 0 Å². The maximum Gasteiger partial charge on any atom is 0.319 e. The van der Waals surface area contributed by atoms with E-state index in [0.29, 0.717) is 6.54 Å². The number of carbonyl (C=O) groups excluding carboxylic acids is 1. The summed E-state index contributed by atoms with van der Waals surface area (Å²) in [7, 11) is 0. The number of urea groups is 1. The molecule has 134 valence electrons. The molecule has 5 heteroatoms. The Bertz CT molecular complexity index is 672. The monoisotopic (exact) mass is 358 g/mol. The van der Waals surface area contributed by atoms with Crippen molar-refractivity contribution in [2.45, 2.75) is 32.9 Å². The number of aryl methyl sites for hydroxylation is 1. The van der Waals surface area contributed by atoms with Gasteiger partial charge in [0.2, 0.25) is 0 Å². The van der Waals surface area contributed by atoms with Crippen molar-refractivity contribution in [3.8, 4) is 5.75 Å². The third kappa shape index (κ3) is 7.10. The van der Waals surface area contributed by atoms with Gasteiger partial charge in [0, 0.05) is 12.2 Å². The van der Waals surface area contributed by atoms with Crippen molar-refractivity contribution in [2.24, 2.45) is 0 Å². The van der Waals surface area contributed by atoms with E-state index in [4.69, 9.17) is 4.74 Å². The molecule has 0 radical (unpaired) electrons. The predicted octanol–water partition coefficient (Wildman–Crippen LogP) is 4.70. The number of hydrogen-bond acceptors (Lipinski definition) is 3. The number of rotatable bonds is 8. The Morgan fingerprint density at radius 1 is 1.12 bits per heavy atom. The van der Waals surface area contributed by atoms with E-state index >= 15 is 0 Å². The summed E-state index contributed by atoms with van der Waals surface area (Å²) < 4.78 is 5.67. The zero-order valence-corrected chi connectivity index (χ0v) is 15.9. The van der Waals surface area contributed by atoms with Crippen LogP contribution < -0.4 is 15.4 Å². The zero-order valence-electron chi connectivity index (χ0n) is 15.0. The van der Waals surface area contributed by atoms with Crippen LogP contribution in [0.15, 0.2) is 48.5 Å². The maximum atomic E-state index is 12.0. The van der Waals surface area contributed by atoms with E-state index in [2.05, 4.69) is 29.0 Å². The lowest BCUT2D eigenvalue weighted by atomic mass is 10.1.